The van der Waals surface area contributed by atoms with Gasteiger partial charge in [-0.3, -0.25) is 18.6 Å². The van der Waals surface area contributed by atoms with Gasteiger partial charge in [0, 0.05) is 19.4 Å². The topological polar surface area (TPSA) is 134 Å². The van der Waals surface area contributed by atoms with Crippen molar-refractivity contribution in [3.05, 3.63) is 231 Å². The molecule has 0 rings (SSSR count). The first kappa shape index (κ1) is 91.1. The third-order valence-corrected chi connectivity index (χ3v) is 16.0. The molecular weight excluding hydrogens is 1220 g/mol. The van der Waals surface area contributed by atoms with Crippen LogP contribution in [0, 0.1) is 0 Å². The number of ether oxygens (including phenoxy) is 2. The van der Waals surface area contributed by atoms with Crippen molar-refractivity contribution in [3.63, 3.8) is 0 Å². The standard InChI is InChI=1S/C87H136NO8P/c1-3-5-7-9-11-13-15-17-19-21-23-25-27-29-31-33-35-37-39-41-42-44-45-47-49-51-53-55-57-59-61-63-65-67-69-71-73-75-77-79-86(89)93-83-85(84-95-97(91,92)94-82-81-88)96-87(90)80-78-76-74-72-70-68-66-64-62-60-58-56-54-52-50-48-46-43-40-38-36-34-32-30-28-26-24-22-20-18-16-14-12-10-8-6-4-2/h5-8,11-14,17-20,23-26,29-32,35-38,41-43,45-47,50,52,56,58,62,64,68,70,85H,3-4,9-10,15-16,21-22,27-28,33-34,39-40,44,48-49,51,53-55,57,59-61,63,65-67,69,71-84,88H2,1-2H3,(H,91,92)/b7-5-,8-6-,13-11-,14-12-,19-17-,20-18-,25-23-,26-24-,31-29-,32-30-,37-35-,38-36-,42-41-,46-43-,47-45-,52-50-,58-56-,64-62-,70-68-. The quantitative estimate of drug-likeness (QED) is 0.0264. The molecular formula is C87H136NO8P. The maximum Gasteiger partial charge on any atom is 0.472 e. The number of phosphoric acid groups is 1. The summed E-state index contributed by atoms with van der Waals surface area (Å²) in [5.41, 5.74) is 5.40. The van der Waals surface area contributed by atoms with Crippen LogP contribution >= 0.6 is 7.82 Å². The van der Waals surface area contributed by atoms with Crippen molar-refractivity contribution in [3.8, 4) is 0 Å². The minimum Gasteiger partial charge on any atom is -0.462 e. The van der Waals surface area contributed by atoms with E-state index in [1.165, 1.54) is 70.6 Å². The number of hydrogen-bond donors (Lipinski definition) is 2. The summed E-state index contributed by atoms with van der Waals surface area (Å²) in [5.74, 6) is -0.880. The number of esters is 2. The van der Waals surface area contributed by atoms with Crippen LogP contribution in [0.25, 0.3) is 0 Å². The molecule has 2 atom stereocenters. The van der Waals surface area contributed by atoms with E-state index >= 15 is 0 Å². The SMILES string of the molecule is CC/C=C\C/C=C\C/C=C\C/C=C\C/C=C\C/C=C\C/C=C\C/C=C\C/C=C\C/C=C\C/C=C\CCCCCC(=O)OC(COC(=O)CCCCCCCCCCCCCCCC/C=C\C/C=C\C/C=C\C/C=C\C/C=C\C/C=C\C/C=C\C/C=C\CC)COP(=O)(O)OCCN. The number of nitrogens with two attached hydrogens (primary N) is 1. The second kappa shape index (κ2) is 79.1. The molecule has 10 heteroatoms. The molecule has 0 aliphatic rings. The molecule has 0 saturated heterocycles. The van der Waals surface area contributed by atoms with Gasteiger partial charge in [-0.05, 0) is 161 Å². The predicted molar refractivity (Wildman–Crippen MR) is 421 cm³/mol. The lowest BCUT2D eigenvalue weighted by Gasteiger charge is -2.19. The first-order valence-electron chi connectivity index (χ1n) is 37.9. The zero-order valence-corrected chi connectivity index (χ0v) is 61.9. The number of allylic oxidation sites excluding steroid dienone is 38. The third-order valence-electron chi connectivity index (χ3n) is 15.0. The molecule has 0 radical (unpaired) electrons. The highest BCUT2D eigenvalue weighted by Gasteiger charge is 2.26. The van der Waals surface area contributed by atoms with Gasteiger partial charge in [0.15, 0.2) is 6.10 Å². The lowest BCUT2D eigenvalue weighted by atomic mass is 10.0. The highest BCUT2D eigenvalue weighted by Crippen LogP contribution is 2.43. The van der Waals surface area contributed by atoms with Crippen LogP contribution in [0.5, 0.6) is 0 Å². The maximum absolute atomic E-state index is 12.8. The number of phosphoric ester groups is 1. The number of hydrogen-bond acceptors (Lipinski definition) is 8. The maximum atomic E-state index is 12.8. The molecule has 0 heterocycles. The van der Waals surface area contributed by atoms with Crippen LogP contribution < -0.4 is 5.73 Å². The lowest BCUT2D eigenvalue weighted by molar-refractivity contribution is -0.161. The molecule has 0 aromatic rings. The van der Waals surface area contributed by atoms with Gasteiger partial charge in [-0.25, -0.2) is 4.57 Å². The summed E-state index contributed by atoms with van der Waals surface area (Å²) in [6, 6.07) is 0. The van der Waals surface area contributed by atoms with Gasteiger partial charge in [0.05, 0.1) is 13.2 Å². The molecule has 0 aromatic carbocycles. The fourth-order valence-electron chi connectivity index (χ4n) is 9.54. The van der Waals surface area contributed by atoms with Gasteiger partial charge < -0.3 is 20.1 Å². The molecule has 542 valence electrons. The number of rotatable bonds is 68. The Morgan fingerprint density at radius 2 is 0.536 bits per heavy atom. The van der Waals surface area contributed by atoms with Gasteiger partial charge >= 0.3 is 19.8 Å². The number of unbranched alkanes of at least 4 members (excludes halogenated alkanes) is 17. The highest BCUT2D eigenvalue weighted by atomic mass is 31.2. The minimum atomic E-state index is -4.42. The van der Waals surface area contributed by atoms with E-state index in [9.17, 15) is 19.0 Å². The van der Waals surface area contributed by atoms with Crippen LogP contribution in [0.2, 0.25) is 0 Å². The van der Waals surface area contributed by atoms with Crippen molar-refractivity contribution >= 4 is 19.8 Å². The molecule has 0 bridgehead atoms. The minimum absolute atomic E-state index is 0.0362. The second-order valence-electron chi connectivity index (χ2n) is 24.0. The summed E-state index contributed by atoms with van der Waals surface area (Å²) in [5, 5.41) is 0. The van der Waals surface area contributed by atoms with Crippen molar-refractivity contribution < 1.29 is 37.6 Å². The Bertz CT molecular complexity index is 2450. The van der Waals surface area contributed by atoms with Gasteiger partial charge in [-0.2, -0.15) is 0 Å². The fourth-order valence-corrected chi connectivity index (χ4v) is 10.3. The van der Waals surface area contributed by atoms with Crippen LogP contribution in [0.3, 0.4) is 0 Å². The van der Waals surface area contributed by atoms with Crippen molar-refractivity contribution in [2.45, 2.75) is 277 Å². The van der Waals surface area contributed by atoms with E-state index in [0.717, 1.165) is 161 Å². The van der Waals surface area contributed by atoms with Crippen molar-refractivity contribution in [2.75, 3.05) is 26.4 Å². The Hall–Kier alpha value is -5.93. The summed E-state index contributed by atoms with van der Waals surface area (Å²) in [6.07, 6.45) is 124. The molecule has 0 amide bonds. The molecule has 97 heavy (non-hydrogen) atoms. The van der Waals surface area contributed by atoms with Gasteiger partial charge in [0.2, 0.25) is 0 Å². The molecule has 3 N–H and O–H groups in total. The molecule has 2 unspecified atom stereocenters. The molecule has 9 nitrogen and oxygen atoms in total. The summed E-state index contributed by atoms with van der Waals surface area (Å²) >= 11 is 0. The van der Waals surface area contributed by atoms with Gasteiger partial charge in [0.1, 0.15) is 6.61 Å². The molecule has 0 saturated carbocycles. The monoisotopic (exact) mass is 1350 g/mol. The first-order valence-corrected chi connectivity index (χ1v) is 39.4. The third kappa shape index (κ3) is 78.9. The van der Waals surface area contributed by atoms with Crippen molar-refractivity contribution in [1.29, 1.82) is 0 Å². The predicted octanol–water partition coefficient (Wildman–Crippen LogP) is 25.7. The average Bonchev–Trinajstić information content (AvgIpc) is 2.17. The molecule has 0 spiro atoms. The van der Waals surface area contributed by atoms with Crippen LogP contribution in [0.4, 0.5) is 0 Å². The Kier molecular flexibility index (Phi) is 74.2. The smallest absolute Gasteiger partial charge is 0.462 e. The zero-order chi connectivity index (χ0) is 70.0. The van der Waals surface area contributed by atoms with E-state index in [-0.39, 0.29) is 32.6 Å². The fraction of sp³-hybridized carbons (Fsp3) is 0.540. The van der Waals surface area contributed by atoms with E-state index in [1.54, 1.807) is 0 Å². The van der Waals surface area contributed by atoms with Crippen LogP contribution in [0.15, 0.2) is 231 Å². The highest BCUT2D eigenvalue weighted by molar-refractivity contribution is 7.47. The van der Waals surface area contributed by atoms with Gasteiger partial charge in [-0.15, -0.1) is 0 Å². The Balaban J connectivity index is 4.01. The van der Waals surface area contributed by atoms with E-state index < -0.39 is 32.5 Å². The average molecular weight is 1360 g/mol. The second-order valence-corrected chi connectivity index (χ2v) is 25.5. The van der Waals surface area contributed by atoms with Gasteiger partial charge in [0.25, 0.3) is 0 Å². The number of carbonyl (C=O) groups is 2. The number of carbonyl (C=O) groups excluding carboxylic acids is 2. The summed E-state index contributed by atoms with van der Waals surface area (Å²) < 4.78 is 33.2. The first-order chi connectivity index (χ1) is 47.8. The van der Waals surface area contributed by atoms with E-state index in [1.807, 2.05) is 0 Å². The summed E-state index contributed by atoms with van der Waals surface area (Å²) in [6.45, 7) is 3.46. The van der Waals surface area contributed by atoms with Crippen molar-refractivity contribution in [1.82, 2.24) is 0 Å². The summed E-state index contributed by atoms with van der Waals surface area (Å²) in [4.78, 5) is 35.4. The van der Waals surface area contributed by atoms with E-state index in [4.69, 9.17) is 24.3 Å². The summed E-state index contributed by atoms with van der Waals surface area (Å²) in [7, 11) is -4.42. The Morgan fingerprint density at radius 3 is 0.804 bits per heavy atom. The van der Waals surface area contributed by atoms with Crippen LogP contribution in [-0.4, -0.2) is 49.3 Å². The normalized spacial score (nSPS) is 14.2. The van der Waals surface area contributed by atoms with E-state index in [2.05, 4.69) is 245 Å². The van der Waals surface area contributed by atoms with Gasteiger partial charge in [-0.1, -0.05) is 328 Å². The molecule has 0 aromatic heterocycles. The molecule has 0 fully saturated rings. The molecule has 0 aliphatic heterocycles. The van der Waals surface area contributed by atoms with Crippen molar-refractivity contribution in [2.24, 2.45) is 5.73 Å². The Labute approximate surface area is 593 Å². The van der Waals surface area contributed by atoms with Crippen LogP contribution in [0.1, 0.15) is 271 Å². The molecule has 0 aliphatic carbocycles. The lowest BCUT2D eigenvalue weighted by Crippen LogP contribution is -2.29. The zero-order valence-electron chi connectivity index (χ0n) is 61.0. The largest absolute Gasteiger partial charge is 0.472 e. The van der Waals surface area contributed by atoms with E-state index in [0.29, 0.717) is 12.8 Å². The Morgan fingerprint density at radius 1 is 0.309 bits per heavy atom. The van der Waals surface area contributed by atoms with Crippen LogP contribution in [-0.2, 0) is 32.7 Å².